The van der Waals surface area contributed by atoms with Crippen molar-refractivity contribution in [3.8, 4) is 11.3 Å². The van der Waals surface area contributed by atoms with Gasteiger partial charge < -0.3 is 9.73 Å². The number of oxazole rings is 1. The van der Waals surface area contributed by atoms with E-state index in [4.69, 9.17) is 16.0 Å². The highest BCUT2D eigenvalue weighted by Crippen LogP contribution is 2.33. The molecule has 1 saturated carbocycles. The van der Waals surface area contributed by atoms with E-state index in [0.29, 0.717) is 55.8 Å². The van der Waals surface area contributed by atoms with Crippen molar-refractivity contribution in [1.82, 2.24) is 24.6 Å². The second-order valence-corrected chi connectivity index (χ2v) is 11.8. The number of rotatable bonds is 9. The Morgan fingerprint density at radius 2 is 1.74 bits per heavy atom. The first kappa shape index (κ1) is 26.3. The quantitative estimate of drug-likeness (QED) is 0.395. The molecule has 5 rings (SSSR count). The number of nitrogens with zero attached hydrogens (tertiary/aromatic N) is 5. The molecular formula is C25H27ClN6O5S. The Hall–Kier alpha value is -3.35. The lowest BCUT2D eigenvalue weighted by atomic mass is 10.0. The van der Waals surface area contributed by atoms with Crippen LogP contribution in [0.25, 0.3) is 11.3 Å². The standard InChI is InChI=1S/C25H27ClN6O5S/c26-11-23(33)32(20-3-1-17(2-4-20)22-14-29-16-37-22)24(18-12-27-15-28-13-18)25(34)30-19-7-9-31(10-8-19)38(35,36)21-5-6-21/h1-4,12-16,19,21,24H,5-11H2,(H,30,34). The van der Waals surface area contributed by atoms with Gasteiger partial charge in [0.25, 0.3) is 0 Å². The van der Waals surface area contributed by atoms with Crippen molar-refractivity contribution >= 4 is 39.1 Å². The molecular weight excluding hydrogens is 532 g/mol. The number of nitrogens with one attached hydrogen (secondary N) is 1. The van der Waals surface area contributed by atoms with Crippen LogP contribution in [-0.4, -0.2) is 69.8 Å². The van der Waals surface area contributed by atoms with Gasteiger partial charge in [0.1, 0.15) is 18.2 Å². The molecule has 1 N–H and O–H groups in total. The highest BCUT2D eigenvalue weighted by molar-refractivity contribution is 7.90. The van der Waals surface area contributed by atoms with E-state index in [1.807, 2.05) is 0 Å². The fourth-order valence-corrected chi connectivity index (χ4v) is 6.63. The smallest absolute Gasteiger partial charge is 0.248 e. The number of carbonyl (C=O) groups excluding carboxylic acids is 2. The zero-order valence-corrected chi connectivity index (χ0v) is 22.0. The topological polar surface area (TPSA) is 139 Å². The molecule has 1 aliphatic heterocycles. The number of benzene rings is 1. The molecule has 3 aromatic rings. The Balaban J connectivity index is 1.38. The second-order valence-electron chi connectivity index (χ2n) is 9.31. The highest BCUT2D eigenvalue weighted by atomic mass is 35.5. The number of halogens is 1. The van der Waals surface area contributed by atoms with Crippen LogP contribution in [0.3, 0.4) is 0 Å². The summed E-state index contributed by atoms with van der Waals surface area (Å²) in [6.07, 6.45) is 9.60. The molecule has 1 aromatic carbocycles. The number of aromatic nitrogens is 3. The van der Waals surface area contributed by atoms with Crippen molar-refractivity contribution in [2.75, 3.05) is 23.9 Å². The number of amides is 2. The van der Waals surface area contributed by atoms with E-state index in [1.54, 1.807) is 30.5 Å². The van der Waals surface area contributed by atoms with E-state index < -0.39 is 27.9 Å². The SMILES string of the molecule is O=C(NC1CCN(S(=O)(=O)C2CC2)CC1)C(c1cncnc1)N(C(=O)CCl)c1ccc(-c2cnco2)cc1. The van der Waals surface area contributed by atoms with Crippen molar-refractivity contribution in [3.05, 3.63) is 61.1 Å². The number of carbonyl (C=O) groups is 2. The van der Waals surface area contributed by atoms with Crippen LogP contribution in [0.2, 0.25) is 0 Å². The summed E-state index contributed by atoms with van der Waals surface area (Å²) in [5.41, 5.74) is 1.62. The molecule has 0 bridgehead atoms. The van der Waals surface area contributed by atoms with Crippen LogP contribution in [0, 0.1) is 0 Å². The third-order valence-corrected chi connectivity index (χ3v) is 9.38. The summed E-state index contributed by atoms with van der Waals surface area (Å²) in [6, 6.07) is 5.59. The third kappa shape index (κ3) is 5.57. The highest BCUT2D eigenvalue weighted by Gasteiger charge is 2.42. The Labute approximate surface area is 225 Å². The molecule has 0 radical (unpaired) electrons. The Kier molecular flexibility index (Phi) is 7.73. The normalized spacial score (nSPS) is 17.6. The molecule has 1 saturated heterocycles. The maximum Gasteiger partial charge on any atom is 0.248 e. The predicted octanol–water partition coefficient (Wildman–Crippen LogP) is 2.52. The molecule has 200 valence electrons. The van der Waals surface area contributed by atoms with Gasteiger partial charge in [-0.05, 0) is 49.9 Å². The first-order valence-corrected chi connectivity index (χ1v) is 14.3. The molecule has 1 atom stereocenters. The van der Waals surface area contributed by atoms with Crippen LogP contribution < -0.4 is 10.2 Å². The molecule has 2 fully saturated rings. The van der Waals surface area contributed by atoms with Crippen LogP contribution in [0.4, 0.5) is 5.69 Å². The summed E-state index contributed by atoms with van der Waals surface area (Å²) in [7, 11) is -3.26. The van der Waals surface area contributed by atoms with Crippen LogP contribution in [0.15, 0.2) is 60.0 Å². The van der Waals surface area contributed by atoms with Crippen molar-refractivity contribution in [2.24, 2.45) is 0 Å². The Morgan fingerprint density at radius 3 is 2.32 bits per heavy atom. The summed E-state index contributed by atoms with van der Waals surface area (Å²) >= 11 is 5.99. The molecule has 1 aliphatic carbocycles. The number of anilines is 1. The zero-order valence-electron chi connectivity index (χ0n) is 20.4. The lowest BCUT2D eigenvalue weighted by molar-refractivity contribution is -0.126. The van der Waals surface area contributed by atoms with Crippen LogP contribution in [-0.2, 0) is 19.6 Å². The van der Waals surface area contributed by atoms with Gasteiger partial charge in [0.15, 0.2) is 12.2 Å². The number of hydrogen-bond donors (Lipinski definition) is 1. The fraction of sp³-hybridized carbons (Fsp3) is 0.400. The molecule has 0 spiro atoms. The van der Waals surface area contributed by atoms with Crippen molar-refractivity contribution in [3.63, 3.8) is 0 Å². The number of alkyl halides is 1. The zero-order chi connectivity index (χ0) is 26.7. The van der Waals surface area contributed by atoms with Crippen molar-refractivity contribution in [1.29, 1.82) is 0 Å². The third-order valence-electron chi connectivity index (χ3n) is 6.75. The van der Waals surface area contributed by atoms with E-state index in [-0.39, 0.29) is 17.2 Å². The van der Waals surface area contributed by atoms with Gasteiger partial charge in [0, 0.05) is 48.3 Å². The minimum absolute atomic E-state index is 0.248. The first-order valence-electron chi connectivity index (χ1n) is 12.3. The second kappa shape index (κ2) is 11.2. The average molecular weight is 559 g/mol. The number of sulfonamides is 1. The molecule has 2 aromatic heterocycles. The lowest BCUT2D eigenvalue weighted by Gasteiger charge is -2.35. The molecule has 11 nitrogen and oxygen atoms in total. The fourth-order valence-electron chi connectivity index (χ4n) is 4.63. The van der Waals surface area contributed by atoms with Gasteiger partial charge in [-0.2, -0.15) is 0 Å². The maximum absolute atomic E-state index is 13.7. The number of piperidine rings is 1. The number of hydrogen-bond acceptors (Lipinski definition) is 8. The lowest BCUT2D eigenvalue weighted by Crippen LogP contribution is -2.51. The van der Waals surface area contributed by atoms with Gasteiger partial charge in [-0.3, -0.25) is 14.5 Å². The molecule has 38 heavy (non-hydrogen) atoms. The predicted molar refractivity (Wildman–Crippen MR) is 140 cm³/mol. The monoisotopic (exact) mass is 558 g/mol. The summed E-state index contributed by atoms with van der Waals surface area (Å²) in [5, 5.41) is 2.76. The molecule has 13 heteroatoms. The molecule has 2 amide bonds. The largest absolute Gasteiger partial charge is 0.444 e. The van der Waals surface area contributed by atoms with Crippen LogP contribution in [0.1, 0.15) is 37.3 Å². The molecule has 1 unspecified atom stereocenters. The van der Waals surface area contributed by atoms with Gasteiger partial charge in [-0.15, -0.1) is 11.6 Å². The Morgan fingerprint density at radius 1 is 1.05 bits per heavy atom. The van der Waals surface area contributed by atoms with E-state index in [2.05, 4.69) is 20.3 Å². The van der Waals surface area contributed by atoms with Crippen LogP contribution >= 0.6 is 11.6 Å². The van der Waals surface area contributed by atoms with Gasteiger partial charge >= 0.3 is 0 Å². The summed E-state index contributed by atoms with van der Waals surface area (Å²) in [6.45, 7) is 0.687. The van der Waals surface area contributed by atoms with Gasteiger partial charge in [0.05, 0.1) is 11.4 Å². The minimum Gasteiger partial charge on any atom is -0.444 e. The van der Waals surface area contributed by atoms with Gasteiger partial charge in [0.2, 0.25) is 21.8 Å². The van der Waals surface area contributed by atoms with E-state index in [1.165, 1.54) is 34.3 Å². The average Bonchev–Trinajstić information content (AvgIpc) is 3.67. The molecule has 3 heterocycles. The summed E-state index contributed by atoms with van der Waals surface area (Å²) in [4.78, 5) is 40.2. The molecule has 2 aliphatic rings. The van der Waals surface area contributed by atoms with Crippen molar-refractivity contribution in [2.45, 2.75) is 43.0 Å². The summed E-state index contributed by atoms with van der Waals surface area (Å²) in [5.74, 6) is -0.694. The van der Waals surface area contributed by atoms with Crippen LogP contribution in [0.5, 0.6) is 0 Å². The van der Waals surface area contributed by atoms with Gasteiger partial charge in [-0.1, -0.05) is 0 Å². The van der Waals surface area contributed by atoms with E-state index >= 15 is 0 Å². The van der Waals surface area contributed by atoms with E-state index in [9.17, 15) is 18.0 Å². The Bertz CT molecular complexity index is 1360. The van der Waals surface area contributed by atoms with E-state index in [0.717, 1.165) is 5.56 Å². The van der Waals surface area contributed by atoms with Gasteiger partial charge in [-0.25, -0.2) is 27.7 Å². The first-order chi connectivity index (χ1) is 18.4. The summed E-state index contributed by atoms with van der Waals surface area (Å²) < 4.78 is 32.0. The maximum atomic E-state index is 13.7. The minimum atomic E-state index is -3.26. The van der Waals surface area contributed by atoms with Crippen molar-refractivity contribution < 1.29 is 22.4 Å².